The van der Waals surface area contributed by atoms with Gasteiger partial charge in [-0.1, -0.05) is 6.07 Å². The van der Waals surface area contributed by atoms with Crippen LogP contribution in [-0.2, 0) is 17.6 Å². The molecule has 3 nitrogen and oxygen atoms in total. The summed E-state index contributed by atoms with van der Waals surface area (Å²) in [4.78, 5) is 13.2. The lowest BCUT2D eigenvalue weighted by Crippen LogP contribution is -2.41. The average molecular weight is 258 g/mol. The molecule has 1 saturated heterocycles. The van der Waals surface area contributed by atoms with Gasteiger partial charge in [0.25, 0.3) is 0 Å². The number of nitrogens with one attached hydrogen (secondary N) is 1. The van der Waals surface area contributed by atoms with Gasteiger partial charge in [-0.2, -0.15) is 0 Å². The summed E-state index contributed by atoms with van der Waals surface area (Å²) in [5.41, 5.74) is 4.30. The Bertz CT molecular complexity index is 476. The van der Waals surface area contributed by atoms with Gasteiger partial charge in [-0.25, -0.2) is 0 Å². The van der Waals surface area contributed by atoms with E-state index >= 15 is 0 Å². The first kappa shape index (κ1) is 12.5. The summed E-state index contributed by atoms with van der Waals surface area (Å²) in [6.07, 6.45) is 5.88. The van der Waals surface area contributed by atoms with Crippen molar-refractivity contribution in [3.05, 3.63) is 29.3 Å². The van der Waals surface area contributed by atoms with Gasteiger partial charge >= 0.3 is 0 Å². The van der Waals surface area contributed by atoms with Crippen molar-refractivity contribution in [2.45, 2.75) is 45.1 Å². The second-order valence-corrected chi connectivity index (χ2v) is 5.76. The van der Waals surface area contributed by atoms with Gasteiger partial charge < -0.3 is 10.2 Å². The molecule has 0 saturated carbocycles. The van der Waals surface area contributed by atoms with E-state index in [1.165, 1.54) is 36.1 Å². The number of likely N-dealkylation sites (tertiary alicyclic amines) is 1. The first-order chi connectivity index (χ1) is 9.22. The Labute approximate surface area is 115 Å². The second kappa shape index (κ2) is 5.24. The van der Waals surface area contributed by atoms with Gasteiger partial charge in [-0.15, -0.1) is 0 Å². The van der Waals surface area contributed by atoms with Crippen LogP contribution in [0.5, 0.6) is 0 Å². The molecule has 3 heteroatoms. The number of carbonyl (C=O) groups is 1. The van der Waals surface area contributed by atoms with Crippen molar-refractivity contribution in [1.82, 2.24) is 4.90 Å². The van der Waals surface area contributed by atoms with Crippen LogP contribution >= 0.6 is 0 Å². The lowest BCUT2D eigenvalue weighted by atomic mass is 10.0. The summed E-state index contributed by atoms with van der Waals surface area (Å²) >= 11 is 0. The Kier molecular flexibility index (Phi) is 3.45. The minimum Gasteiger partial charge on any atom is -0.382 e. The minimum atomic E-state index is 0.205. The van der Waals surface area contributed by atoms with Gasteiger partial charge in [-0.05, 0) is 55.4 Å². The number of amides is 1. The van der Waals surface area contributed by atoms with E-state index in [0.29, 0.717) is 6.04 Å². The van der Waals surface area contributed by atoms with Crippen molar-refractivity contribution < 1.29 is 4.79 Å². The third-order valence-electron chi connectivity index (χ3n) is 4.41. The monoisotopic (exact) mass is 258 g/mol. The number of hydrogen-bond acceptors (Lipinski definition) is 2. The van der Waals surface area contributed by atoms with Crippen LogP contribution < -0.4 is 5.32 Å². The van der Waals surface area contributed by atoms with Crippen LogP contribution in [0.3, 0.4) is 0 Å². The number of aryl methyl sites for hydroxylation is 2. The maximum absolute atomic E-state index is 11.3. The zero-order valence-corrected chi connectivity index (χ0v) is 11.6. The van der Waals surface area contributed by atoms with E-state index in [4.69, 9.17) is 0 Å². The van der Waals surface area contributed by atoms with Crippen LogP contribution in [0.4, 0.5) is 5.69 Å². The Morgan fingerprint density at radius 2 is 1.95 bits per heavy atom. The number of piperidine rings is 1. The zero-order valence-electron chi connectivity index (χ0n) is 11.6. The van der Waals surface area contributed by atoms with E-state index in [0.717, 1.165) is 25.9 Å². The fraction of sp³-hybridized carbons (Fsp3) is 0.562. The van der Waals surface area contributed by atoms with Crippen molar-refractivity contribution in [3.63, 3.8) is 0 Å². The van der Waals surface area contributed by atoms with Crippen molar-refractivity contribution in [3.8, 4) is 0 Å². The molecule has 2 aliphatic rings. The predicted molar refractivity (Wildman–Crippen MR) is 77.4 cm³/mol. The Morgan fingerprint density at radius 3 is 2.68 bits per heavy atom. The van der Waals surface area contributed by atoms with Crippen molar-refractivity contribution >= 4 is 11.6 Å². The SMILES string of the molecule is CC(=O)N1CCC(Nc2ccc3c(c2)CCC3)CC1. The van der Waals surface area contributed by atoms with E-state index in [9.17, 15) is 4.79 Å². The highest BCUT2D eigenvalue weighted by molar-refractivity contribution is 5.73. The number of fused-ring (bicyclic) bond motifs is 1. The minimum absolute atomic E-state index is 0.205. The standard InChI is InChI=1S/C16H22N2O/c1-12(19)18-9-7-15(8-10-18)17-16-6-5-13-3-2-4-14(13)11-16/h5-6,11,15,17H,2-4,7-10H2,1H3. The number of hydrogen-bond donors (Lipinski definition) is 1. The second-order valence-electron chi connectivity index (χ2n) is 5.76. The van der Waals surface area contributed by atoms with E-state index in [2.05, 4.69) is 23.5 Å². The first-order valence-corrected chi connectivity index (χ1v) is 7.36. The molecule has 3 rings (SSSR count). The third-order valence-corrected chi connectivity index (χ3v) is 4.41. The lowest BCUT2D eigenvalue weighted by Gasteiger charge is -2.32. The molecule has 0 aromatic heterocycles. The van der Waals surface area contributed by atoms with Crippen LogP contribution in [0.15, 0.2) is 18.2 Å². The highest BCUT2D eigenvalue weighted by atomic mass is 16.2. The fourth-order valence-electron chi connectivity index (χ4n) is 3.24. The van der Waals surface area contributed by atoms with Crippen LogP contribution in [0, 0.1) is 0 Å². The summed E-state index contributed by atoms with van der Waals surface area (Å²) in [6.45, 7) is 3.43. The molecule has 0 radical (unpaired) electrons. The van der Waals surface area contributed by atoms with Crippen molar-refractivity contribution in [2.24, 2.45) is 0 Å². The average Bonchev–Trinajstić information content (AvgIpc) is 2.87. The van der Waals surface area contributed by atoms with Gasteiger partial charge in [0.2, 0.25) is 5.91 Å². The molecule has 1 fully saturated rings. The highest BCUT2D eigenvalue weighted by Gasteiger charge is 2.20. The van der Waals surface area contributed by atoms with Gasteiger partial charge in [0.15, 0.2) is 0 Å². The summed E-state index contributed by atoms with van der Waals surface area (Å²) in [5, 5.41) is 3.63. The largest absolute Gasteiger partial charge is 0.382 e. The normalized spacial score (nSPS) is 19.3. The predicted octanol–water partition coefficient (Wildman–Crippen LogP) is 2.60. The molecule has 0 spiro atoms. The van der Waals surface area contributed by atoms with Crippen molar-refractivity contribution in [2.75, 3.05) is 18.4 Å². The molecule has 1 aliphatic heterocycles. The molecule has 19 heavy (non-hydrogen) atoms. The third kappa shape index (κ3) is 2.75. The van der Waals surface area contributed by atoms with E-state index < -0.39 is 0 Å². The van der Waals surface area contributed by atoms with Crippen LogP contribution in [-0.4, -0.2) is 29.9 Å². The molecule has 0 atom stereocenters. The van der Waals surface area contributed by atoms with E-state index in [1.54, 1.807) is 6.92 Å². The zero-order chi connectivity index (χ0) is 13.2. The molecule has 1 N–H and O–H groups in total. The topological polar surface area (TPSA) is 32.3 Å². The van der Waals surface area contributed by atoms with Crippen LogP contribution in [0.25, 0.3) is 0 Å². The molecule has 1 aromatic carbocycles. The number of nitrogens with zero attached hydrogens (tertiary/aromatic N) is 1. The molecular formula is C16H22N2O. The maximum Gasteiger partial charge on any atom is 0.219 e. The first-order valence-electron chi connectivity index (χ1n) is 7.36. The highest BCUT2D eigenvalue weighted by Crippen LogP contribution is 2.26. The Balaban J connectivity index is 1.59. The molecule has 102 valence electrons. The molecule has 1 aliphatic carbocycles. The van der Waals surface area contributed by atoms with Gasteiger partial charge in [0.05, 0.1) is 0 Å². The van der Waals surface area contributed by atoms with E-state index in [1.807, 2.05) is 4.90 Å². The summed E-state index contributed by atoms with van der Waals surface area (Å²) < 4.78 is 0. The summed E-state index contributed by atoms with van der Waals surface area (Å²) in [5.74, 6) is 0.205. The number of rotatable bonds is 2. The molecule has 1 heterocycles. The Hall–Kier alpha value is -1.51. The quantitative estimate of drug-likeness (QED) is 0.884. The lowest BCUT2D eigenvalue weighted by molar-refractivity contribution is -0.129. The summed E-state index contributed by atoms with van der Waals surface area (Å²) in [6, 6.07) is 7.31. The molecule has 1 aromatic rings. The van der Waals surface area contributed by atoms with Crippen LogP contribution in [0.2, 0.25) is 0 Å². The number of carbonyl (C=O) groups excluding carboxylic acids is 1. The number of benzene rings is 1. The van der Waals surface area contributed by atoms with Gasteiger partial charge in [0.1, 0.15) is 0 Å². The molecule has 0 unspecified atom stereocenters. The van der Waals surface area contributed by atoms with Crippen LogP contribution in [0.1, 0.15) is 37.3 Å². The van der Waals surface area contributed by atoms with Gasteiger partial charge in [0, 0.05) is 31.7 Å². The number of anilines is 1. The molecule has 0 bridgehead atoms. The molecular weight excluding hydrogens is 236 g/mol. The maximum atomic E-state index is 11.3. The molecule has 1 amide bonds. The smallest absolute Gasteiger partial charge is 0.219 e. The van der Waals surface area contributed by atoms with Crippen molar-refractivity contribution in [1.29, 1.82) is 0 Å². The Morgan fingerprint density at radius 1 is 1.21 bits per heavy atom. The summed E-state index contributed by atoms with van der Waals surface area (Å²) in [7, 11) is 0. The van der Waals surface area contributed by atoms with E-state index in [-0.39, 0.29) is 5.91 Å². The fourth-order valence-corrected chi connectivity index (χ4v) is 3.24. The van der Waals surface area contributed by atoms with Gasteiger partial charge in [-0.3, -0.25) is 4.79 Å².